The third-order valence-corrected chi connectivity index (χ3v) is 14.4. The van der Waals surface area contributed by atoms with Crippen LogP contribution in [0.1, 0.15) is 102 Å². The van der Waals surface area contributed by atoms with E-state index in [9.17, 15) is 33.9 Å². The number of rotatable bonds is 21. The summed E-state index contributed by atoms with van der Waals surface area (Å²) in [6, 6.07) is 28.2. The summed E-state index contributed by atoms with van der Waals surface area (Å²) in [6.45, 7) is 1.30. The first-order valence-corrected chi connectivity index (χ1v) is 26.7. The molecule has 1 saturated carbocycles. The largest absolute Gasteiger partial charge is 0.478 e. The Morgan fingerprint density at radius 2 is 1.42 bits per heavy atom. The van der Waals surface area contributed by atoms with Crippen LogP contribution in [0.2, 0.25) is 5.02 Å². The van der Waals surface area contributed by atoms with Gasteiger partial charge in [0.2, 0.25) is 29.0 Å². The maximum atomic E-state index is 13.5. The standard InChI is InChI=1S/C59H66ClN9O8/c1-66(2)41-21-25-45-50(35-41)77-51-36-42(67(3)4)22-26-46(51)54(45)47-33-39(18-24-44(47)58(75)76)55(72)63-29-11-7-10-15-52(70)61-30-12-31-62-53(71)28-32-69-49-27-23-43(68(5)57(74)38-13-8-6-9-14-38)34-48(49)64-59(69)65-56(73)37-16-19-40(60)20-17-37/h16-27,33-36,38H,6-15,28-32H2,1-5H3,(H4-,61,62,63,64,65,70,71,72,73,75,76)/p+1. The fourth-order valence-electron chi connectivity index (χ4n) is 9.79. The van der Waals surface area contributed by atoms with E-state index < -0.39 is 5.97 Å². The van der Waals surface area contributed by atoms with Crippen molar-refractivity contribution in [2.24, 2.45) is 5.92 Å². The van der Waals surface area contributed by atoms with Gasteiger partial charge in [0.05, 0.1) is 22.7 Å². The Morgan fingerprint density at radius 3 is 2.13 bits per heavy atom. The highest BCUT2D eigenvalue weighted by Gasteiger charge is 2.27. The molecule has 0 saturated heterocycles. The van der Waals surface area contributed by atoms with Crippen LogP contribution >= 0.6 is 11.6 Å². The van der Waals surface area contributed by atoms with E-state index in [0.29, 0.717) is 118 Å². The Balaban J connectivity index is 0.793. The lowest BCUT2D eigenvalue weighted by Gasteiger charge is -2.26. The number of amides is 5. The summed E-state index contributed by atoms with van der Waals surface area (Å²) in [5, 5.41) is 24.2. The third-order valence-electron chi connectivity index (χ3n) is 14.2. The predicted molar refractivity (Wildman–Crippen MR) is 302 cm³/mol. The summed E-state index contributed by atoms with van der Waals surface area (Å²) in [7, 11) is 9.51. The van der Waals surface area contributed by atoms with Crippen molar-refractivity contribution in [2.45, 2.75) is 77.2 Å². The first-order chi connectivity index (χ1) is 37.1. The predicted octanol–water partition coefficient (Wildman–Crippen LogP) is 8.80. The molecule has 0 radical (unpaired) electrons. The highest BCUT2D eigenvalue weighted by Crippen LogP contribution is 2.42. The summed E-state index contributed by atoms with van der Waals surface area (Å²) in [4.78, 5) is 87.1. The molecule has 1 aromatic heterocycles. The average molecular weight is 1070 g/mol. The second-order valence-corrected chi connectivity index (χ2v) is 20.5. The Kier molecular flexibility index (Phi) is 18.1. The quantitative estimate of drug-likeness (QED) is 0.0262. The van der Waals surface area contributed by atoms with Crippen LogP contribution in [0.15, 0.2) is 101 Å². The number of anilines is 3. The molecule has 1 fully saturated rings. The van der Waals surface area contributed by atoms with Gasteiger partial charge in [-0.3, -0.25) is 29.3 Å². The lowest BCUT2D eigenvalue weighted by atomic mass is 9.88. The van der Waals surface area contributed by atoms with Crippen molar-refractivity contribution in [3.05, 3.63) is 124 Å². The van der Waals surface area contributed by atoms with Gasteiger partial charge in [-0.25, -0.2) is 14.4 Å². The molecule has 0 atom stereocenters. The molecule has 2 aliphatic carbocycles. The number of aromatic nitrogens is 2. The van der Waals surface area contributed by atoms with E-state index in [-0.39, 0.29) is 59.9 Å². The molecule has 8 rings (SSSR count). The van der Waals surface area contributed by atoms with Crippen molar-refractivity contribution >= 4 is 86.4 Å². The maximum Gasteiger partial charge on any atom is 0.336 e. The van der Waals surface area contributed by atoms with Gasteiger partial charge in [-0.2, -0.15) is 0 Å². The minimum atomic E-state index is -1.12. The molecular weight excluding hydrogens is 998 g/mol. The molecule has 1 aliphatic heterocycles. The Morgan fingerprint density at radius 1 is 0.714 bits per heavy atom. The second-order valence-electron chi connectivity index (χ2n) is 20.0. The molecule has 17 nitrogen and oxygen atoms in total. The van der Waals surface area contributed by atoms with Crippen molar-refractivity contribution in [1.82, 2.24) is 30.1 Å². The van der Waals surface area contributed by atoms with Gasteiger partial charge in [-0.15, -0.1) is 0 Å². The molecule has 5 amide bonds. The highest BCUT2D eigenvalue weighted by molar-refractivity contribution is 6.30. The van der Waals surface area contributed by atoms with Gasteiger partial charge in [-0.05, 0) is 117 Å². The lowest BCUT2D eigenvalue weighted by Crippen LogP contribution is -2.33. The smallest absolute Gasteiger partial charge is 0.336 e. The van der Waals surface area contributed by atoms with Crippen LogP contribution in [-0.4, -0.2) is 105 Å². The number of carbonyl (C=O) groups is 6. The van der Waals surface area contributed by atoms with Gasteiger partial charge in [0.1, 0.15) is 25.4 Å². The molecule has 402 valence electrons. The SMILES string of the molecule is CN(C)c1ccc2c(-c3cc(C(=O)NCCCCCC(=O)NCCCNC(=O)CCn4c(NC(=O)c5ccc(Cl)cc5)nc5cc(N(C)C(=O)C6CCCCC6)ccc54)ccc3C(=O)O)c3ccc(=[N+](C)C)cc-3oc2c1. The van der Waals surface area contributed by atoms with Crippen LogP contribution in [0.5, 0.6) is 0 Å². The Hall–Kier alpha value is -8.05. The maximum absolute atomic E-state index is 13.5. The van der Waals surface area contributed by atoms with E-state index in [2.05, 4.69) is 21.3 Å². The molecule has 5 aromatic rings. The van der Waals surface area contributed by atoms with Gasteiger partial charge in [-0.1, -0.05) is 37.3 Å². The van der Waals surface area contributed by atoms with Gasteiger partial charge >= 0.3 is 5.97 Å². The molecule has 18 heteroatoms. The number of carboxylic acids is 1. The summed E-state index contributed by atoms with van der Waals surface area (Å²) in [6.07, 6.45) is 7.87. The zero-order valence-corrected chi connectivity index (χ0v) is 45.1. The minimum absolute atomic E-state index is 0.00557. The van der Waals surface area contributed by atoms with E-state index in [0.717, 1.165) is 43.1 Å². The topological polar surface area (TPSA) is 211 Å². The van der Waals surface area contributed by atoms with Crippen molar-refractivity contribution in [2.75, 3.05) is 70.0 Å². The third kappa shape index (κ3) is 13.5. The number of fused-ring (bicyclic) bond motifs is 3. The number of carboxylic acid groups (broad SMARTS) is 1. The number of hydrogen-bond acceptors (Lipinski definition) is 9. The van der Waals surface area contributed by atoms with Crippen LogP contribution in [0, 0.1) is 5.92 Å². The fraction of sp³-hybridized carbons (Fsp3) is 0.356. The molecule has 5 N–H and O–H groups in total. The van der Waals surface area contributed by atoms with Crippen LogP contribution in [0.25, 0.3) is 44.5 Å². The molecule has 3 aliphatic rings. The molecule has 0 bridgehead atoms. The van der Waals surface area contributed by atoms with Crippen LogP contribution in [0.4, 0.5) is 17.3 Å². The van der Waals surface area contributed by atoms with E-state index in [4.69, 9.17) is 21.0 Å². The zero-order valence-electron chi connectivity index (χ0n) is 44.3. The summed E-state index contributed by atoms with van der Waals surface area (Å²) in [5.74, 6) is -1.25. The number of imidazole rings is 1. The van der Waals surface area contributed by atoms with Crippen LogP contribution < -0.4 is 41.0 Å². The number of halogens is 1. The second kappa shape index (κ2) is 25.2. The highest BCUT2D eigenvalue weighted by atomic mass is 35.5. The molecule has 2 heterocycles. The summed E-state index contributed by atoms with van der Waals surface area (Å²) in [5.41, 5.74) is 5.97. The van der Waals surface area contributed by atoms with Gasteiger partial charge in [0, 0.05) is 122 Å². The number of aryl methyl sites for hydroxylation is 1. The van der Waals surface area contributed by atoms with Crippen molar-refractivity contribution in [3.8, 4) is 22.5 Å². The Bertz CT molecular complexity index is 3370. The number of benzene rings is 5. The monoisotopic (exact) mass is 1060 g/mol. The zero-order chi connectivity index (χ0) is 54.8. The van der Waals surface area contributed by atoms with Crippen molar-refractivity contribution < 1.29 is 38.3 Å². The molecule has 4 aromatic carbocycles. The number of aromatic carboxylic acids is 1. The van der Waals surface area contributed by atoms with Gasteiger partial charge in [0.15, 0.2) is 0 Å². The number of carbonyl (C=O) groups excluding carboxylic acids is 5. The summed E-state index contributed by atoms with van der Waals surface area (Å²) < 4.78 is 10.2. The van der Waals surface area contributed by atoms with E-state index in [1.807, 2.05) is 92.3 Å². The van der Waals surface area contributed by atoms with Crippen molar-refractivity contribution in [3.63, 3.8) is 0 Å². The van der Waals surface area contributed by atoms with E-state index in [1.165, 1.54) is 12.1 Å². The number of unbranched alkanes of at least 4 members (excludes halogenated alkanes) is 2. The fourth-order valence-corrected chi connectivity index (χ4v) is 9.92. The van der Waals surface area contributed by atoms with Gasteiger partial charge in [0.25, 0.3) is 11.8 Å². The molecular formula is C59H67ClN9O8+. The minimum Gasteiger partial charge on any atom is -0.478 e. The van der Waals surface area contributed by atoms with Crippen molar-refractivity contribution in [1.29, 1.82) is 0 Å². The lowest BCUT2D eigenvalue weighted by molar-refractivity contribution is -0.123. The number of hydrogen-bond donors (Lipinski definition) is 5. The Labute approximate surface area is 452 Å². The molecule has 77 heavy (non-hydrogen) atoms. The normalized spacial score (nSPS) is 12.6. The molecule has 0 unspecified atom stereocenters. The average Bonchev–Trinajstić information content (AvgIpc) is 3.81. The van der Waals surface area contributed by atoms with Crippen LogP contribution in [0.3, 0.4) is 0 Å². The first-order valence-electron chi connectivity index (χ1n) is 26.3. The van der Waals surface area contributed by atoms with E-state index >= 15 is 0 Å². The van der Waals surface area contributed by atoms with Crippen LogP contribution in [-0.2, 0) is 20.9 Å². The van der Waals surface area contributed by atoms with E-state index in [1.54, 1.807) is 46.8 Å². The van der Waals surface area contributed by atoms with Gasteiger partial charge < -0.3 is 39.8 Å². The number of nitrogens with one attached hydrogen (secondary N) is 4. The summed E-state index contributed by atoms with van der Waals surface area (Å²) >= 11 is 6.06. The molecule has 0 spiro atoms. The first kappa shape index (κ1) is 55.2. The number of nitrogens with zero attached hydrogens (tertiary/aromatic N) is 5.